The zero-order valence-electron chi connectivity index (χ0n) is 8.56. The first kappa shape index (κ1) is 10.2. The van der Waals surface area contributed by atoms with E-state index in [9.17, 15) is 9.90 Å². The number of rotatable bonds is 2. The number of H-pyrrole nitrogens is 1. The van der Waals surface area contributed by atoms with Crippen molar-refractivity contribution < 1.29 is 5.11 Å². The summed E-state index contributed by atoms with van der Waals surface area (Å²) in [5.74, 6) is -0.101. The molecule has 0 atom stereocenters. The van der Waals surface area contributed by atoms with Crippen LogP contribution in [0.3, 0.4) is 0 Å². The molecular formula is C10H10N4O2. The number of anilines is 2. The average Bonchev–Trinajstić information content (AvgIpc) is 2.27. The largest absolute Gasteiger partial charge is 0.493 e. The van der Waals surface area contributed by atoms with Gasteiger partial charge in [-0.15, -0.1) is 0 Å². The van der Waals surface area contributed by atoms with Crippen LogP contribution in [0.2, 0.25) is 0 Å². The number of aromatic nitrogens is 3. The van der Waals surface area contributed by atoms with Crippen molar-refractivity contribution in [1.29, 1.82) is 0 Å². The highest BCUT2D eigenvalue weighted by molar-refractivity contribution is 5.51. The minimum atomic E-state index is -0.376. The van der Waals surface area contributed by atoms with E-state index < -0.39 is 0 Å². The molecule has 6 heteroatoms. The average molecular weight is 218 g/mol. The normalized spacial score (nSPS) is 10.1. The van der Waals surface area contributed by atoms with E-state index in [1.54, 1.807) is 24.5 Å². The maximum absolute atomic E-state index is 11.3. The van der Waals surface area contributed by atoms with E-state index in [4.69, 9.17) is 0 Å². The molecule has 0 amide bonds. The van der Waals surface area contributed by atoms with Gasteiger partial charge in [0, 0.05) is 6.20 Å². The predicted molar refractivity (Wildman–Crippen MR) is 58.8 cm³/mol. The summed E-state index contributed by atoms with van der Waals surface area (Å²) in [6.45, 7) is 1.50. The van der Waals surface area contributed by atoms with Crippen LogP contribution in [-0.2, 0) is 0 Å². The maximum Gasteiger partial charge on any atom is 0.259 e. The molecule has 3 N–H and O–H groups in total. The highest BCUT2D eigenvalue weighted by Crippen LogP contribution is 2.13. The predicted octanol–water partition coefficient (Wildman–Crippen LogP) is 0.923. The van der Waals surface area contributed by atoms with E-state index in [1.165, 1.54) is 6.92 Å². The van der Waals surface area contributed by atoms with Crippen molar-refractivity contribution in [3.8, 4) is 5.88 Å². The molecule has 0 saturated carbocycles. The van der Waals surface area contributed by atoms with Gasteiger partial charge in [-0.1, -0.05) is 0 Å². The summed E-state index contributed by atoms with van der Waals surface area (Å²) in [6.07, 6.45) is 3.21. The first-order chi connectivity index (χ1) is 7.66. The molecule has 0 fully saturated rings. The fraction of sp³-hybridized carbons (Fsp3) is 0.100. The molecule has 0 unspecified atom stereocenters. The van der Waals surface area contributed by atoms with Crippen LogP contribution in [0.4, 0.5) is 11.6 Å². The Morgan fingerprint density at radius 2 is 2.31 bits per heavy atom. The monoisotopic (exact) mass is 218 g/mol. The number of nitrogens with one attached hydrogen (secondary N) is 2. The molecular weight excluding hydrogens is 208 g/mol. The lowest BCUT2D eigenvalue weighted by atomic mass is 10.3. The lowest BCUT2D eigenvalue weighted by Gasteiger charge is -2.05. The summed E-state index contributed by atoms with van der Waals surface area (Å²) in [5.41, 5.74) is 0.490. The number of hydrogen-bond acceptors (Lipinski definition) is 5. The first-order valence-electron chi connectivity index (χ1n) is 4.64. The van der Waals surface area contributed by atoms with Gasteiger partial charge < -0.3 is 10.4 Å². The molecule has 0 bridgehead atoms. The molecule has 2 heterocycles. The van der Waals surface area contributed by atoms with Crippen LogP contribution in [0.15, 0.2) is 29.3 Å². The van der Waals surface area contributed by atoms with Crippen molar-refractivity contribution in [2.75, 3.05) is 5.32 Å². The quantitative estimate of drug-likeness (QED) is 0.697. The van der Waals surface area contributed by atoms with Crippen molar-refractivity contribution >= 4 is 11.6 Å². The van der Waals surface area contributed by atoms with Gasteiger partial charge in [-0.25, -0.2) is 0 Å². The fourth-order valence-electron chi connectivity index (χ4n) is 1.15. The Morgan fingerprint density at radius 1 is 1.50 bits per heavy atom. The third kappa shape index (κ3) is 2.00. The van der Waals surface area contributed by atoms with Gasteiger partial charge in [0.15, 0.2) is 0 Å². The van der Waals surface area contributed by atoms with Crippen molar-refractivity contribution in [3.63, 3.8) is 0 Å². The molecule has 0 spiro atoms. The van der Waals surface area contributed by atoms with Crippen LogP contribution in [0.1, 0.15) is 5.56 Å². The molecule has 82 valence electrons. The van der Waals surface area contributed by atoms with Crippen LogP contribution in [0, 0.1) is 6.92 Å². The SMILES string of the molecule is Cc1c(O)nc(Nc2cccnc2)[nH]c1=O. The van der Waals surface area contributed by atoms with Gasteiger partial charge in [0.2, 0.25) is 11.8 Å². The second-order valence-corrected chi connectivity index (χ2v) is 3.23. The number of aromatic amines is 1. The Kier molecular flexibility index (Phi) is 2.55. The molecule has 2 aromatic heterocycles. The fourth-order valence-corrected chi connectivity index (χ4v) is 1.15. The van der Waals surface area contributed by atoms with E-state index in [-0.39, 0.29) is 23.0 Å². The third-order valence-corrected chi connectivity index (χ3v) is 2.05. The van der Waals surface area contributed by atoms with E-state index in [1.807, 2.05) is 0 Å². The van der Waals surface area contributed by atoms with Gasteiger partial charge in [-0.2, -0.15) is 4.98 Å². The van der Waals surface area contributed by atoms with E-state index in [0.717, 1.165) is 0 Å². The standard InChI is InChI=1S/C10H10N4O2/c1-6-8(15)13-10(14-9(6)16)12-7-3-2-4-11-5-7/h2-5H,1H3,(H3,12,13,14,15,16). The van der Waals surface area contributed by atoms with Crippen molar-refractivity contribution in [3.05, 3.63) is 40.4 Å². The maximum atomic E-state index is 11.3. The Labute approximate surface area is 91.0 Å². The zero-order valence-corrected chi connectivity index (χ0v) is 8.56. The summed E-state index contributed by atoms with van der Waals surface area (Å²) in [6, 6.07) is 3.51. The molecule has 0 aromatic carbocycles. The van der Waals surface area contributed by atoms with Crippen molar-refractivity contribution in [1.82, 2.24) is 15.0 Å². The molecule has 0 saturated heterocycles. The topological polar surface area (TPSA) is 90.9 Å². The molecule has 0 aliphatic carbocycles. The van der Waals surface area contributed by atoms with Gasteiger partial charge in [0.05, 0.1) is 17.4 Å². The minimum absolute atomic E-state index is 0.182. The smallest absolute Gasteiger partial charge is 0.259 e. The van der Waals surface area contributed by atoms with Crippen molar-refractivity contribution in [2.45, 2.75) is 6.92 Å². The van der Waals surface area contributed by atoms with E-state index in [2.05, 4.69) is 20.3 Å². The minimum Gasteiger partial charge on any atom is -0.493 e. The van der Waals surface area contributed by atoms with Gasteiger partial charge in [0.25, 0.3) is 5.56 Å². The Balaban J connectivity index is 2.33. The molecule has 0 radical (unpaired) electrons. The highest BCUT2D eigenvalue weighted by Gasteiger charge is 2.05. The van der Waals surface area contributed by atoms with E-state index in [0.29, 0.717) is 5.69 Å². The van der Waals surface area contributed by atoms with Gasteiger partial charge >= 0.3 is 0 Å². The molecule has 0 aliphatic rings. The Bertz CT molecular complexity index is 550. The van der Waals surface area contributed by atoms with Crippen LogP contribution in [0.25, 0.3) is 0 Å². The summed E-state index contributed by atoms with van der Waals surface area (Å²) in [5, 5.41) is 12.2. The van der Waals surface area contributed by atoms with Gasteiger partial charge in [-0.3, -0.25) is 14.8 Å². The molecule has 2 aromatic rings. The molecule has 2 rings (SSSR count). The third-order valence-electron chi connectivity index (χ3n) is 2.05. The number of aromatic hydroxyl groups is 1. The lowest BCUT2D eigenvalue weighted by Crippen LogP contribution is -2.13. The number of hydrogen-bond donors (Lipinski definition) is 3. The Morgan fingerprint density at radius 3 is 2.94 bits per heavy atom. The van der Waals surface area contributed by atoms with Crippen molar-refractivity contribution in [2.24, 2.45) is 0 Å². The number of nitrogens with zero attached hydrogens (tertiary/aromatic N) is 2. The summed E-state index contributed by atoms with van der Waals surface area (Å²) in [4.78, 5) is 21.5. The lowest BCUT2D eigenvalue weighted by molar-refractivity contribution is 0.447. The summed E-state index contributed by atoms with van der Waals surface area (Å²) in [7, 11) is 0. The second kappa shape index (κ2) is 4.01. The van der Waals surface area contributed by atoms with Gasteiger partial charge in [0.1, 0.15) is 0 Å². The zero-order chi connectivity index (χ0) is 11.5. The molecule has 16 heavy (non-hydrogen) atoms. The summed E-state index contributed by atoms with van der Waals surface area (Å²) < 4.78 is 0. The van der Waals surface area contributed by atoms with Crippen LogP contribution in [-0.4, -0.2) is 20.1 Å². The van der Waals surface area contributed by atoms with Crippen LogP contribution < -0.4 is 10.9 Å². The molecule has 6 nitrogen and oxygen atoms in total. The second-order valence-electron chi connectivity index (χ2n) is 3.23. The number of pyridine rings is 1. The van der Waals surface area contributed by atoms with Crippen LogP contribution in [0.5, 0.6) is 5.88 Å². The highest BCUT2D eigenvalue weighted by atomic mass is 16.3. The first-order valence-corrected chi connectivity index (χ1v) is 4.64. The van der Waals surface area contributed by atoms with Gasteiger partial charge in [-0.05, 0) is 19.1 Å². The summed E-state index contributed by atoms with van der Waals surface area (Å²) >= 11 is 0. The molecule has 0 aliphatic heterocycles. The van der Waals surface area contributed by atoms with Crippen LogP contribution >= 0.6 is 0 Å². The Hall–Kier alpha value is -2.37. The van der Waals surface area contributed by atoms with E-state index >= 15 is 0 Å².